The maximum absolute atomic E-state index is 12.2. The van der Waals surface area contributed by atoms with Crippen molar-refractivity contribution in [3.63, 3.8) is 0 Å². The van der Waals surface area contributed by atoms with Crippen LogP contribution in [0.3, 0.4) is 0 Å². The average molecular weight is 342 g/mol. The molecule has 0 aliphatic carbocycles. The highest BCUT2D eigenvalue weighted by Gasteiger charge is 2.08. The number of aromatic nitrogens is 1. The molecule has 2 amide bonds. The summed E-state index contributed by atoms with van der Waals surface area (Å²) >= 11 is 0. The van der Waals surface area contributed by atoms with Crippen LogP contribution in [0.15, 0.2) is 72.8 Å². The van der Waals surface area contributed by atoms with Crippen molar-refractivity contribution in [3.8, 4) is 0 Å². The summed E-state index contributed by atoms with van der Waals surface area (Å²) in [6.07, 6.45) is 0. The van der Waals surface area contributed by atoms with Gasteiger partial charge in [-0.2, -0.15) is 0 Å². The van der Waals surface area contributed by atoms with Crippen LogP contribution in [0.4, 0.5) is 16.3 Å². The van der Waals surface area contributed by atoms with Crippen molar-refractivity contribution >= 4 is 39.2 Å². The number of hydrogen-bond donors (Lipinski definition) is 3. The lowest BCUT2D eigenvalue weighted by atomic mass is 10.1. The molecule has 3 aromatic carbocycles. The molecule has 0 atom stereocenters. The number of rotatable bonds is 3. The summed E-state index contributed by atoms with van der Waals surface area (Å²) in [5, 5.41) is 5.90. The van der Waals surface area contributed by atoms with Crippen molar-refractivity contribution in [1.82, 2.24) is 10.4 Å². The Bertz CT molecular complexity index is 1090. The van der Waals surface area contributed by atoms with E-state index in [1.165, 1.54) is 0 Å². The number of anilines is 2. The average Bonchev–Trinajstić information content (AvgIpc) is 2.68. The lowest BCUT2D eigenvalue weighted by Gasteiger charge is -2.13. The zero-order valence-electron chi connectivity index (χ0n) is 14.3. The summed E-state index contributed by atoms with van der Waals surface area (Å²) < 4.78 is 0. The van der Waals surface area contributed by atoms with E-state index in [9.17, 15) is 4.79 Å². The second kappa shape index (κ2) is 6.72. The Kier molecular flexibility index (Phi) is 4.11. The minimum Gasteiger partial charge on any atom is -0.307 e. The molecule has 0 saturated heterocycles. The number of hydrazine groups is 1. The van der Waals surface area contributed by atoms with E-state index in [2.05, 4.69) is 27.2 Å². The Morgan fingerprint density at radius 1 is 0.808 bits per heavy atom. The number of carbonyl (C=O) groups excluding carboxylic acids is 1. The highest BCUT2D eigenvalue weighted by molar-refractivity contribution is 6.10. The zero-order chi connectivity index (χ0) is 17.9. The van der Waals surface area contributed by atoms with Crippen molar-refractivity contribution in [1.29, 1.82) is 0 Å². The van der Waals surface area contributed by atoms with Crippen LogP contribution in [0, 0.1) is 6.92 Å². The Labute approximate surface area is 151 Å². The monoisotopic (exact) mass is 342 g/mol. The van der Waals surface area contributed by atoms with Crippen LogP contribution < -0.4 is 16.2 Å². The summed E-state index contributed by atoms with van der Waals surface area (Å²) in [6.45, 7) is 2.00. The summed E-state index contributed by atoms with van der Waals surface area (Å²) in [4.78, 5) is 16.8. The van der Waals surface area contributed by atoms with Gasteiger partial charge in [0.15, 0.2) is 5.82 Å². The van der Waals surface area contributed by atoms with E-state index in [4.69, 9.17) is 0 Å². The Balaban J connectivity index is 1.58. The van der Waals surface area contributed by atoms with Gasteiger partial charge in [0.2, 0.25) is 0 Å². The Morgan fingerprint density at radius 3 is 2.23 bits per heavy atom. The second-order valence-electron chi connectivity index (χ2n) is 6.09. The van der Waals surface area contributed by atoms with Crippen molar-refractivity contribution < 1.29 is 4.79 Å². The van der Waals surface area contributed by atoms with E-state index in [-0.39, 0.29) is 6.03 Å². The first kappa shape index (κ1) is 15.9. The number of benzene rings is 3. The number of carbonyl (C=O) groups is 1. The highest BCUT2D eigenvalue weighted by Crippen LogP contribution is 2.28. The quantitative estimate of drug-likeness (QED) is 0.368. The Morgan fingerprint density at radius 2 is 1.46 bits per heavy atom. The third-order valence-electron chi connectivity index (χ3n) is 4.21. The van der Waals surface area contributed by atoms with Gasteiger partial charge in [-0.05, 0) is 30.5 Å². The SMILES string of the molecule is Cc1ccc(NC(=O)NNc2nc3ccccc3c3ccccc23)cc1. The Hall–Kier alpha value is -3.60. The van der Waals surface area contributed by atoms with Gasteiger partial charge in [-0.15, -0.1) is 0 Å². The molecule has 0 aliphatic heterocycles. The molecule has 3 N–H and O–H groups in total. The molecular weight excluding hydrogens is 324 g/mol. The number of urea groups is 1. The van der Waals surface area contributed by atoms with Gasteiger partial charge in [0, 0.05) is 16.5 Å². The van der Waals surface area contributed by atoms with Crippen LogP contribution in [-0.2, 0) is 0 Å². The molecule has 5 nitrogen and oxygen atoms in total. The molecule has 1 aromatic heterocycles. The van der Waals surface area contributed by atoms with Gasteiger partial charge in [0.1, 0.15) is 0 Å². The fourth-order valence-electron chi connectivity index (χ4n) is 2.91. The summed E-state index contributed by atoms with van der Waals surface area (Å²) in [6, 6.07) is 23.2. The number of hydrogen-bond acceptors (Lipinski definition) is 3. The van der Waals surface area contributed by atoms with Crippen LogP contribution in [0.1, 0.15) is 5.56 Å². The number of nitrogens with zero attached hydrogens (tertiary/aromatic N) is 1. The maximum Gasteiger partial charge on any atom is 0.337 e. The molecule has 0 radical (unpaired) electrons. The van der Waals surface area contributed by atoms with E-state index in [0.29, 0.717) is 5.82 Å². The molecule has 0 spiro atoms. The van der Waals surface area contributed by atoms with Crippen LogP contribution in [0.5, 0.6) is 0 Å². The summed E-state index contributed by atoms with van der Waals surface area (Å²) in [5.74, 6) is 0.610. The van der Waals surface area contributed by atoms with Crippen molar-refractivity contribution in [2.24, 2.45) is 0 Å². The predicted octanol–water partition coefficient (Wildman–Crippen LogP) is 4.85. The zero-order valence-corrected chi connectivity index (χ0v) is 14.3. The molecule has 0 unspecified atom stereocenters. The smallest absolute Gasteiger partial charge is 0.307 e. The molecule has 26 heavy (non-hydrogen) atoms. The van der Waals surface area contributed by atoms with Crippen molar-refractivity contribution in [3.05, 3.63) is 78.4 Å². The molecule has 0 fully saturated rings. The van der Waals surface area contributed by atoms with Crippen molar-refractivity contribution in [2.75, 3.05) is 10.7 Å². The van der Waals surface area contributed by atoms with Gasteiger partial charge in [0.05, 0.1) is 5.52 Å². The van der Waals surface area contributed by atoms with Gasteiger partial charge >= 0.3 is 6.03 Å². The normalized spacial score (nSPS) is 10.7. The minimum atomic E-state index is -0.354. The van der Waals surface area contributed by atoms with E-state index < -0.39 is 0 Å². The van der Waals surface area contributed by atoms with Crippen LogP contribution in [-0.4, -0.2) is 11.0 Å². The van der Waals surface area contributed by atoms with Crippen LogP contribution >= 0.6 is 0 Å². The number of para-hydroxylation sites is 1. The number of amides is 2. The van der Waals surface area contributed by atoms with E-state index >= 15 is 0 Å². The van der Waals surface area contributed by atoms with E-state index in [1.807, 2.05) is 73.7 Å². The molecule has 0 aliphatic rings. The summed E-state index contributed by atoms with van der Waals surface area (Å²) in [5.41, 5.74) is 8.33. The van der Waals surface area contributed by atoms with Crippen LogP contribution in [0.25, 0.3) is 21.7 Å². The maximum atomic E-state index is 12.2. The fraction of sp³-hybridized carbons (Fsp3) is 0.0476. The van der Waals surface area contributed by atoms with Gasteiger partial charge in [-0.1, -0.05) is 60.2 Å². The third kappa shape index (κ3) is 3.15. The lowest BCUT2D eigenvalue weighted by molar-refractivity contribution is 0.254. The van der Waals surface area contributed by atoms with Gasteiger partial charge in [-0.3, -0.25) is 10.9 Å². The molecule has 0 bridgehead atoms. The number of fused-ring (bicyclic) bond motifs is 3. The number of pyridine rings is 1. The second-order valence-corrected chi connectivity index (χ2v) is 6.09. The molecule has 1 heterocycles. The highest BCUT2D eigenvalue weighted by atomic mass is 16.2. The first-order chi connectivity index (χ1) is 12.7. The van der Waals surface area contributed by atoms with E-state index in [1.54, 1.807) is 0 Å². The molecule has 4 rings (SSSR count). The lowest BCUT2D eigenvalue weighted by Crippen LogP contribution is -2.34. The van der Waals surface area contributed by atoms with Gasteiger partial charge < -0.3 is 5.32 Å². The van der Waals surface area contributed by atoms with Gasteiger partial charge in [-0.25, -0.2) is 9.78 Å². The van der Waals surface area contributed by atoms with E-state index in [0.717, 1.165) is 32.9 Å². The molecule has 4 aromatic rings. The first-order valence-electron chi connectivity index (χ1n) is 8.38. The first-order valence-corrected chi connectivity index (χ1v) is 8.38. The summed E-state index contributed by atoms with van der Waals surface area (Å²) in [7, 11) is 0. The molecule has 5 heteroatoms. The van der Waals surface area contributed by atoms with Gasteiger partial charge in [0.25, 0.3) is 0 Å². The molecule has 128 valence electrons. The predicted molar refractivity (Wildman–Crippen MR) is 106 cm³/mol. The number of nitrogens with one attached hydrogen (secondary N) is 3. The topological polar surface area (TPSA) is 66.1 Å². The van der Waals surface area contributed by atoms with Crippen LogP contribution in [0.2, 0.25) is 0 Å². The minimum absolute atomic E-state index is 0.354. The standard InChI is InChI=1S/C21H18N4O/c1-14-10-12-15(13-11-14)22-21(26)25-24-20-18-8-3-2-6-16(18)17-7-4-5-9-19(17)23-20/h2-13H,1H3,(H,23,24)(H2,22,25,26). The van der Waals surface area contributed by atoms with Crippen molar-refractivity contribution in [2.45, 2.75) is 6.92 Å². The largest absolute Gasteiger partial charge is 0.337 e. The number of aryl methyl sites for hydroxylation is 1. The molecular formula is C21H18N4O. The molecule has 0 saturated carbocycles. The third-order valence-corrected chi connectivity index (χ3v) is 4.21. The fourth-order valence-corrected chi connectivity index (χ4v) is 2.91.